The normalized spacial score (nSPS) is 13.7. The fraction of sp³-hybridized carbons (Fsp3) is 0.368. The molecule has 1 fully saturated rings. The van der Waals surface area contributed by atoms with Crippen LogP contribution in [0.25, 0.3) is 10.6 Å². The summed E-state index contributed by atoms with van der Waals surface area (Å²) in [4.78, 5) is 15.8. The fourth-order valence-corrected chi connectivity index (χ4v) is 3.95. The number of aromatic nitrogens is 4. The first kappa shape index (κ1) is 18.4. The summed E-state index contributed by atoms with van der Waals surface area (Å²) in [5.41, 5.74) is 2.45. The van der Waals surface area contributed by atoms with Crippen molar-refractivity contribution in [3.8, 4) is 10.6 Å². The smallest absolute Gasteiger partial charge is 0.269 e. The molecule has 4 heterocycles. The van der Waals surface area contributed by atoms with E-state index in [0.29, 0.717) is 18.8 Å². The van der Waals surface area contributed by atoms with Crippen molar-refractivity contribution in [3.63, 3.8) is 0 Å². The summed E-state index contributed by atoms with van der Waals surface area (Å²) >= 11 is 1.61. The van der Waals surface area contributed by atoms with Crippen molar-refractivity contribution in [1.29, 1.82) is 0 Å². The van der Waals surface area contributed by atoms with E-state index in [1.807, 2.05) is 29.6 Å². The summed E-state index contributed by atoms with van der Waals surface area (Å²) in [6.45, 7) is 3.19. The average Bonchev–Trinajstić information content (AvgIpc) is 3.46. The van der Waals surface area contributed by atoms with Crippen LogP contribution in [0, 0.1) is 0 Å². The van der Waals surface area contributed by atoms with E-state index < -0.39 is 0 Å². The molecule has 8 nitrogen and oxygen atoms in total. The first-order chi connectivity index (χ1) is 13.7. The van der Waals surface area contributed by atoms with Crippen LogP contribution in [0.4, 0.5) is 11.5 Å². The van der Waals surface area contributed by atoms with Gasteiger partial charge in [-0.2, -0.15) is 10.2 Å². The largest absolute Gasteiger partial charge is 0.370 e. The van der Waals surface area contributed by atoms with Crippen LogP contribution in [0.15, 0.2) is 35.8 Å². The molecule has 0 radical (unpaired) electrons. The highest BCUT2D eigenvalue weighted by Gasteiger charge is 2.15. The molecular weight excluding hydrogens is 374 g/mol. The third-order valence-electron chi connectivity index (χ3n) is 4.71. The Kier molecular flexibility index (Phi) is 5.52. The van der Waals surface area contributed by atoms with Crippen LogP contribution >= 0.6 is 11.3 Å². The summed E-state index contributed by atoms with van der Waals surface area (Å²) in [6, 6.07) is 7.80. The van der Waals surface area contributed by atoms with Crippen molar-refractivity contribution in [2.24, 2.45) is 7.05 Å². The second-order valence-electron chi connectivity index (χ2n) is 6.69. The lowest BCUT2D eigenvalue weighted by molar-refractivity contribution is 0.0946. The van der Waals surface area contributed by atoms with Gasteiger partial charge in [0.15, 0.2) is 5.82 Å². The summed E-state index contributed by atoms with van der Waals surface area (Å²) < 4.78 is 1.61. The Bertz CT molecular complexity index is 932. The molecule has 9 heteroatoms. The molecule has 0 spiro atoms. The molecular formula is C19H23N7OS. The van der Waals surface area contributed by atoms with Gasteiger partial charge in [-0.1, -0.05) is 6.07 Å². The van der Waals surface area contributed by atoms with Gasteiger partial charge in [-0.15, -0.1) is 16.4 Å². The molecule has 1 amide bonds. The first-order valence-electron chi connectivity index (χ1n) is 9.38. The van der Waals surface area contributed by atoms with Gasteiger partial charge < -0.3 is 15.5 Å². The average molecular weight is 398 g/mol. The zero-order valence-corrected chi connectivity index (χ0v) is 16.6. The van der Waals surface area contributed by atoms with Crippen molar-refractivity contribution in [3.05, 3.63) is 41.5 Å². The van der Waals surface area contributed by atoms with Gasteiger partial charge in [-0.25, -0.2) is 0 Å². The third kappa shape index (κ3) is 4.14. The Morgan fingerprint density at radius 1 is 1.25 bits per heavy atom. The third-order valence-corrected chi connectivity index (χ3v) is 5.61. The summed E-state index contributed by atoms with van der Waals surface area (Å²) in [6.07, 6.45) is 4.24. The van der Waals surface area contributed by atoms with Gasteiger partial charge in [0.2, 0.25) is 0 Å². The Morgan fingerprint density at radius 2 is 2.11 bits per heavy atom. The number of carbonyl (C=O) groups excluding carboxylic acids is 1. The maximum absolute atomic E-state index is 12.5. The second kappa shape index (κ2) is 8.39. The molecule has 2 N–H and O–H groups in total. The molecule has 3 aromatic rings. The van der Waals surface area contributed by atoms with Gasteiger partial charge in [0.1, 0.15) is 11.4 Å². The lowest BCUT2D eigenvalue weighted by Crippen LogP contribution is -2.30. The van der Waals surface area contributed by atoms with Crippen molar-refractivity contribution in [2.45, 2.75) is 12.8 Å². The van der Waals surface area contributed by atoms with Gasteiger partial charge in [-0.05, 0) is 30.4 Å². The maximum atomic E-state index is 12.5. The molecule has 146 valence electrons. The molecule has 0 aromatic carbocycles. The zero-order valence-electron chi connectivity index (χ0n) is 15.8. The number of hydrogen-bond acceptors (Lipinski definition) is 7. The van der Waals surface area contributed by atoms with E-state index in [1.54, 1.807) is 29.3 Å². The second-order valence-corrected chi connectivity index (χ2v) is 7.64. The van der Waals surface area contributed by atoms with E-state index in [4.69, 9.17) is 0 Å². The lowest BCUT2D eigenvalue weighted by Gasteiger charge is -2.17. The molecule has 1 aliphatic rings. The van der Waals surface area contributed by atoms with Gasteiger partial charge in [-0.3, -0.25) is 9.48 Å². The van der Waals surface area contributed by atoms with Crippen LogP contribution in [-0.2, 0) is 7.05 Å². The number of nitrogens with one attached hydrogen (secondary N) is 2. The number of hydrogen-bond donors (Lipinski definition) is 2. The van der Waals surface area contributed by atoms with Gasteiger partial charge in [0.05, 0.1) is 16.8 Å². The molecule has 1 aliphatic heterocycles. The van der Waals surface area contributed by atoms with E-state index >= 15 is 0 Å². The zero-order chi connectivity index (χ0) is 19.3. The maximum Gasteiger partial charge on any atom is 0.269 e. The Balaban J connectivity index is 1.29. The van der Waals surface area contributed by atoms with E-state index in [9.17, 15) is 4.79 Å². The Labute approximate surface area is 167 Å². The molecule has 0 unspecified atom stereocenters. The van der Waals surface area contributed by atoms with Gasteiger partial charge in [0.25, 0.3) is 5.91 Å². The molecule has 0 bridgehead atoms. The molecule has 3 aromatic heterocycles. The van der Waals surface area contributed by atoms with E-state index in [0.717, 1.165) is 35.2 Å². The van der Waals surface area contributed by atoms with E-state index in [2.05, 4.69) is 30.8 Å². The number of aryl methyl sites for hydroxylation is 1. The molecule has 28 heavy (non-hydrogen) atoms. The SMILES string of the molecule is Cn1nc(-c2cccs2)cc1C(=O)NCCNc1cc(N2CCCC2)cnn1. The topological polar surface area (TPSA) is 88.0 Å². The molecule has 4 rings (SSSR count). The number of rotatable bonds is 7. The number of carbonyl (C=O) groups is 1. The highest BCUT2D eigenvalue weighted by atomic mass is 32.1. The van der Waals surface area contributed by atoms with Gasteiger partial charge in [0, 0.05) is 39.3 Å². The molecule has 1 saturated heterocycles. The van der Waals surface area contributed by atoms with Crippen LogP contribution < -0.4 is 15.5 Å². The highest BCUT2D eigenvalue weighted by molar-refractivity contribution is 7.13. The number of thiophene rings is 1. The predicted octanol–water partition coefficient (Wildman–Crippen LogP) is 2.38. The minimum Gasteiger partial charge on any atom is -0.370 e. The summed E-state index contributed by atoms with van der Waals surface area (Å²) in [5.74, 6) is 0.579. The van der Waals surface area contributed by atoms with Gasteiger partial charge >= 0.3 is 0 Å². The number of nitrogens with zero attached hydrogens (tertiary/aromatic N) is 5. The fourth-order valence-electron chi connectivity index (χ4n) is 3.27. The Morgan fingerprint density at radius 3 is 2.89 bits per heavy atom. The van der Waals surface area contributed by atoms with E-state index in [1.165, 1.54) is 12.8 Å². The molecule has 0 saturated carbocycles. The predicted molar refractivity (Wildman–Crippen MR) is 111 cm³/mol. The molecule has 0 atom stereocenters. The highest BCUT2D eigenvalue weighted by Crippen LogP contribution is 2.24. The summed E-state index contributed by atoms with van der Waals surface area (Å²) in [7, 11) is 1.78. The van der Waals surface area contributed by atoms with Crippen molar-refractivity contribution < 1.29 is 4.79 Å². The monoisotopic (exact) mass is 397 g/mol. The van der Waals surface area contributed by atoms with Crippen LogP contribution in [0.2, 0.25) is 0 Å². The van der Waals surface area contributed by atoms with Crippen LogP contribution in [-0.4, -0.2) is 52.1 Å². The lowest BCUT2D eigenvalue weighted by atomic mass is 10.3. The van der Waals surface area contributed by atoms with Crippen molar-refractivity contribution in [2.75, 3.05) is 36.4 Å². The summed E-state index contributed by atoms with van der Waals surface area (Å²) in [5, 5.41) is 20.8. The number of amides is 1. The van der Waals surface area contributed by atoms with Crippen LogP contribution in [0.3, 0.4) is 0 Å². The Hall–Kier alpha value is -2.94. The molecule has 0 aliphatic carbocycles. The minimum absolute atomic E-state index is 0.142. The standard InChI is InChI=1S/C19H23N7OS/c1-25-16(12-15(24-25)17-5-4-10-28-17)19(27)21-7-6-20-18-11-14(13-22-23-18)26-8-2-3-9-26/h4-5,10-13H,2-3,6-9H2,1H3,(H,20,23)(H,21,27). The number of anilines is 2. The quantitative estimate of drug-likeness (QED) is 0.595. The van der Waals surface area contributed by atoms with Crippen molar-refractivity contribution in [1.82, 2.24) is 25.3 Å². The van der Waals surface area contributed by atoms with E-state index in [-0.39, 0.29) is 5.91 Å². The van der Waals surface area contributed by atoms with Crippen molar-refractivity contribution >= 4 is 28.7 Å². The minimum atomic E-state index is -0.142. The van der Waals surface area contributed by atoms with Crippen LogP contribution in [0.1, 0.15) is 23.3 Å². The first-order valence-corrected chi connectivity index (χ1v) is 10.3. The van der Waals surface area contributed by atoms with Crippen LogP contribution in [0.5, 0.6) is 0 Å².